The van der Waals surface area contributed by atoms with E-state index in [1.165, 1.54) is 6.07 Å². The molecule has 0 spiro atoms. The van der Waals surface area contributed by atoms with E-state index in [4.69, 9.17) is 0 Å². The van der Waals surface area contributed by atoms with Gasteiger partial charge in [-0.05, 0) is 55.0 Å². The van der Waals surface area contributed by atoms with E-state index >= 15 is 0 Å². The van der Waals surface area contributed by atoms with E-state index in [9.17, 15) is 18.7 Å². The van der Waals surface area contributed by atoms with E-state index in [0.29, 0.717) is 6.42 Å². The van der Waals surface area contributed by atoms with E-state index in [0.717, 1.165) is 55.0 Å². The van der Waals surface area contributed by atoms with Crippen molar-refractivity contribution in [3.63, 3.8) is 0 Å². The molecule has 156 valence electrons. The maximum absolute atomic E-state index is 14.2. The molecule has 2 aromatic rings. The van der Waals surface area contributed by atoms with E-state index in [-0.39, 0.29) is 29.6 Å². The molecule has 1 aliphatic carbocycles. The van der Waals surface area contributed by atoms with Crippen molar-refractivity contribution in [3.05, 3.63) is 64.0 Å². The highest BCUT2D eigenvalue weighted by Crippen LogP contribution is 2.23. The van der Waals surface area contributed by atoms with Gasteiger partial charge in [-0.15, -0.1) is 0 Å². The number of aliphatic hydroxyl groups is 1. The minimum absolute atomic E-state index is 0.189. The summed E-state index contributed by atoms with van der Waals surface area (Å²) < 4.78 is 27.9. The Morgan fingerprint density at radius 2 is 2.00 bits per heavy atom. The number of aryl methyl sites for hydroxylation is 1. The van der Waals surface area contributed by atoms with Gasteiger partial charge in [-0.3, -0.25) is 4.79 Å². The number of carbonyl (C=O) groups excluding carboxylic acids is 1. The second kappa shape index (κ2) is 9.44. The third-order valence-electron chi connectivity index (χ3n) is 5.61. The number of aliphatic hydroxyl groups excluding tert-OH is 1. The van der Waals surface area contributed by atoms with Gasteiger partial charge < -0.3 is 10.4 Å². The van der Waals surface area contributed by atoms with Crippen molar-refractivity contribution >= 4 is 5.91 Å². The molecular formula is C23H28F2N2O2. The van der Waals surface area contributed by atoms with Crippen LogP contribution in [0.15, 0.2) is 24.3 Å². The fourth-order valence-electron chi connectivity index (χ4n) is 4.04. The van der Waals surface area contributed by atoms with Crippen LogP contribution in [-0.4, -0.2) is 28.1 Å². The van der Waals surface area contributed by atoms with E-state index in [1.54, 1.807) is 12.1 Å². The maximum atomic E-state index is 14.2. The average Bonchev–Trinajstić information content (AvgIpc) is 2.69. The summed E-state index contributed by atoms with van der Waals surface area (Å²) in [5.41, 5.74) is 2.95. The lowest BCUT2D eigenvalue weighted by atomic mass is 9.92. The molecule has 0 bridgehead atoms. The van der Waals surface area contributed by atoms with Crippen molar-refractivity contribution in [1.82, 2.24) is 10.3 Å². The topological polar surface area (TPSA) is 62.2 Å². The summed E-state index contributed by atoms with van der Waals surface area (Å²) in [5, 5.41) is 13.0. The van der Waals surface area contributed by atoms with Crippen molar-refractivity contribution in [3.8, 4) is 0 Å². The summed E-state index contributed by atoms with van der Waals surface area (Å²) in [7, 11) is 0. The van der Waals surface area contributed by atoms with Gasteiger partial charge in [0.1, 0.15) is 5.69 Å². The molecule has 1 saturated carbocycles. The van der Waals surface area contributed by atoms with Crippen LogP contribution in [0.3, 0.4) is 0 Å². The van der Waals surface area contributed by atoms with Gasteiger partial charge >= 0.3 is 0 Å². The Morgan fingerprint density at radius 3 is 2.72 bits per heavy atom. The summed E-state index contributed by atoms with van der Waals surface area (Å²) in [4.78, 5) is 17.2. The Morgan fingerprint density at radius 1 is 1.24 bits per heavy atom. The number of hydrogen-bond donors (Lipinski definition) is 2. The summed E-state index contributed by atoms with van der Waals surface area (Å²) >= 11 is 0. The SMILES string of the molecule is CCCc1c(Cc2cccc(F)c2F)cc(C(=O)NC2CCCCC2O)nc1C. The maximum Gasteiger partial charge on any atom is 0.270 e. The van der Waals surface area contributed by atoms with Gasteiger partial charge in [-0.2, -0.15) is 0 Å². The molecule has 2 atom stereocenters. The second-order valence-electron chi connectivity index (χ2n) is 7.80. The number of aromatic nitrogens is 1. The Labute approximate surface area is 170 Å². The molecule has 1 heterocycles. The van der Waals surface area contributed by atoms with Crippen LogP contribution in [0.1, 0.15) is 71.9 Å². The first-order valence-corrected chi connectivity index (χ1v) is 10.3. The van der Waals surface area contributed by atoms with E-state index in [1.807, 2.05) is 13.8 Å². The van der Waals surface area contributed by atoms with E-state index < -0.39 is 17.7 Å². The number of rotatable bonds is 6. The monoisotopic (exact) mass is 402 g/mol. The Hall–Kier alpha value is -2.34. The Kier molecular flexibility index (Phi) is 6.96. The molecule has 1 aliphatic rings. The van der Waals surface area contributed by atoms with Crippen LogP contribution in [0.5, 0.6) is 0 Å². The molecule has 2 N–H and O–H groups in total. The number of hydrogen-bond acceptors (Lipinski definition) is 3. The van der Waals surface area contributed by atoms with Crippen molar-refractivity contribution < 1.29 is 18.7 Å². The molecule has 0 radical (unpaired) electrons. The first-order valence-electron chi connectivity index (χ1n) is 10.3. The number of benzene rings is 1. The number of nitrogens with one attached hydrogen (secondary N) is 1. The van der Waals surface area contributed by atoms with Crippen molar-refractivity contribution in [1.29, 1.82) is 0 Å². The van der Waals surface area contributed by atoms with Crippen LogP contribution >= 0.6 is 0 Å². The van der Waals surface area contributed by atoms with Gasteiger partial charge in [0.05, 0.1) is 12.1 Å². The summed E-state index contributed by atoms with van der Waals surface area (Å²) in [6.07, 6.45) is 4.60. The smallest absolute Gasteiger partial charge is 0.270 e. The van der Waals surface area contributed by atoms with Gasteiger partial charge in [-0.25, -0.2) is 13.8 Å². The zero-order chi connectivity index (χ0) is 21.0. The van der Waals surface area contributed by atoms with Gasteiger partial charge in [0.25, 0.3) is 5.91 Å². The predicted molar refractivity (Wildman–Crippen MR) is 108 cm³/mol. The minimum atomic E-state index is -0.880. The van der Waals surface area contributed by atoms with Gasteiger partial charge in [-0.1, -0.05) is 38.3 Å². The first kappa shape index (κ1) is 21.4. The molecule has 1 fully saturated rings. The minimum Gasteiger partial charge on any atom is -0.391 e. The number of amides is 1. The number of nitrogens with zero attached hydrogens (tertiary/aromatic N) is 1. The molecule has 1 aromatic carbocycles. The van der Waals surface area contributed by atoms with Crippen molar-refractivity contribution in [2.24, 2.45) is 0 Å². The van der Waals surface area contributed by atoms with Crippen LogP contribution in [0.4, 0.5) is 8.78 Å². The first-order chi connectivity index (χ1) is 13.9. The number of halogens is 2. The zero-order valence-electron chi connectivity index (χ0n) is 17.0. The lowest BCUT2D eigenvalue weighted by Gasteiger charge is -2.28. The van der Waals surface area contributed by atoms with Crippen molar-refractivity contribution in [2.45, 2.75) is 70.9 Å². The molecule has 1 aromatic heterocycles. The zero-order valence-corrected chi connectivity index (χ0v) is 17.0. The normalized spacial score (nSPS) is 19.2. The third-order valence-corrected chi connectivity index (χ3v) is 5.61. The lowest BCUT2D eigenvalue weighted by Crippen LogP contribution is -2.45. The quantitative estimate of drug-likeness (QED) is 0.760. The Bertz CT molecular complexity index is 885. The van der Waals surface area contributed by atoms with Crippen LogP contribution in [0.25, 0.3) is 0 Å². The molecule has 0 saturated heterocycles. The van der Waals surface area contributed by atoms with Crippen LogP contribution < -0.4 is 5.32 Å². The largest absolute Gasteiger partial charge is 0.391 e. The number of pyridine rings is 1. The summed E-state index contributed by atoms with van der Waals surface area (Å²) in [5.74, 6) is -2.08. The lowest BCUT2D eigenvalue weighted by molar-refractivity contribution is 0.0713. The molecule has 1 amide bonds. The fourth-order valence-corrected chi connectivity index (χ4v) is 4.04. The highest BCUT2D eigenvalue weighted by Gasteiger charge is 2.26. The highest BCUT2D eigenvalue weighted by atomic mass is 19.2. The van der Waals surface area contributed by atoms with Gasteiger partial charge in [0.15, 0.2) is 11.6 Å². The summed E-state index contributed by atoms with van der Waals surface area (Å²) in [6.45, 7) is 3.87. The van der Waals surface area contributed by atoms with Crippen LogP contribution in [0.2, 0.25) is 0 Å². The molecule has 29 heavy (non-hydrogen) atoms. The molecule has 3 rings (SSSR count). The van der Waals surface area contributed by atoms with Crippen molar-refractivity contribution in [2.75, 3.05) is 0 Å². The van der Waals surface area contributed by atoms with Gasteiger partial charge in [0.2, 0.25) is 0 Å². The predicted octanol–water partition coefficient (Wildman–Crippen LogP) is 4.24. The fraction of sp³-hybridized carbons (Fsp3) is 0.478. The standard InChI is InChI=1S/C23H28F2N2O2/c1-3-7-17-14(2)26-20(23(29)27-19-10-4-5-11-21(19)28)13-16(17)12-15-8-6-9-18(24)22(15)25/h6,8-9,13,19,21,28H,3-5,7,10-12H2,1-2H3,(H,27,29). The summed E-state index contributed by atoms with van der Waals surface area (Å²) in [6, 6.07) is 5.53. The van der Waals surface area contributed by atoms with E-state index in [2.05, 4.69) is 10.3 Å². The molecule has 2 unspecified atom stereocenters. The molecule has 4 nitrogen and oxygen atoms in total. The third kappa shape index (κ3) is 4.99. The van der Waals surface area contributed by atoms with Gasteiger partial charge in [0, 0.05) is 12.1 Å². The highest BCUT2D eigenvalue weighted by molar-refractivity contribution is 5.92. The molecule has 0 aliphatic heterocycles. The number of carbonyl (C=O) groups is 1. The van der Waals surface area contributed by atoms with Crippen LogP contribution in [-0.2, 0) is 12.8 Å². The second-order valence-corrected chi connectivity index (χ2v) is 7.80. The van der Waals surface area contributed by atoms with Crippen LogP contribution in [0, 0.1) is 18.6 Å². The molecular weight excluding hydrogens is 374 g/mol. The molecule has 6 heteroatoms. The average molecular weight is 402 g/mol. The Balaban J connectivity index is 1.91.